The average Bonchev–Trinajstić information content (AvgIpc) is 2.38. The summed E-state index contributed by atoms with van der Waals surface area (Å²) in [7, 11) is 0. The van der Waals surface area contributed by atoms with E-state index in [4.69, 9.17) is 0 Å². The molecule has 0 spiro atoms. The van der Waals surface area contributed by atoms with Crippen LogP contribution in [0, 0.1) is 18.3 Å². The van der Waals surface area contributed by atoms with Crippen LogP contribution < -0.4 is 5.32 Å². The summed E-state index contributed by atoms with van der Waals surface area (Å²) in [6.07, 6.45) is 5.28. The van der Waals surface area contributed by atoms with Crippen molar-refractivity contribution in [3.63, 3.8) is 0 Å². The third kappa shape index (κ3) is 3.08. The molecule has 1 N–H and O–H groups in total. The Morgan fingerprint density at radius 2 is 2.29 bits per heavy atom. The molecule has 1 saturated heterocycles. The molecule has 1 aliphatic rings. The van der Waals surface area contributed by atoms with Crippen molar-refractivity contribution < 1.29 is 0 Å². The van der Waals surface area contributed by atoms with E-state index in [2.05, 4.69) is 42.6 Å². The fourth-order valence-electron chi connectivity index (χ4n) is 2.56. The lowest BCUT2D eigenvalue weighted by atomic mass is 9.85. The van der Waals surface area contributed by atoms with Gasteiger partial charge in [-0.15, -0.1) is 0 Å². The summed E-state index contributed by atoms with van der Waals surface area (Å²) in [6.45, 7) is 3.10. The molecule has 0 radical (unpaired) electrons. The fraction of sp³-hybridized carbons (Fsp3) is 0.533. The minimum absolute atomic E-state index is 0.276. The van der Waals surface area contributed by atoms with Gasteiger partial charge in [0.25, 0.3) is 0 Å². The molecular weight excluding hydrogens is 208 g/mol. The van der Waals surface area contributed by atoms with Crippen LogP contribution >= 0.6 is 0 Å². The van der Waals surface area contributed by atoms with Gasteiger partial charge in [0, 0.05) is 0 Å². The summed E-state index contributed by atoms with van der Waals surface area (Å²) in [6, 6.07) is 11.1. The quantitative estimate of drug-likeness (QED) is 0.863. The molecule has 0 amide bonds. The Balaban J connectivity index is 1.98. The normalized spacial score (nSPS) is 24.2. The lowest BCUT2D eigenvalue weighted by Crippen LogP contribution is -2.47. The zero-order chi connectivity index (χ0) is 12.1. The van der Waals surface area contributed by atoms with E-state index in [9.17, 15) is 5.26 Å². The van der Waals surface area contributed by atoms with Gasteiger partial charge in [-0.2, -0.15) is 5.26 Å². The summed E-state index contributed by atoms with van der Waals surface area (Å²) in [5.74, 6) is 0. The largest absolute Gasteiger partial charge is 0.299 e. The van der Waals surface area contributed by atoms with Gasteiger partial charge in [-0.1, -0.05) is 29.8 Å². The van der Waals surface area contributed by atoms with E-state index in [1.807, 2.05) is 0 Å². The van der Waals surface area contributed by atoms with Crippen LogP contribution in [0.25, 0.3) is 0 Å². The van der Waals surface area contributed by atoms with Gasteiger partial charge in [-0.05, 0) is 51.1 Å². The van der Waals surface area contributed by atoms with Gasteiger partial charge in [0.2, 0.25) is 0 Å². The predicted molar refractivity (Wildman–Crippen MR) is 69.7 cm³/mol. The predicted octanol–water partition coefficient (Wildman–Crippen LogP) is 2.96. The van der Waals surface area contributed by atoms with E-state index < -0.39 is 0 Å². The highest BCUT2D eigenvalue weighted by molar-refractivity contribution is 5.23. The Hall–Kier alpha value is -1.33. The monoisotopic (exact) mass is 228 g/mol. The van der Waals surface area contributed by atoms with Crippen LogP contribution in [-0.4, -0.2) is 12.1 Å². The number of piperidine rings is 1. The van der Waals surface area contributed by atoms with Crippen molar-refractivity contribution in [3.05, 3.63) is 35.4 Å². The lowest BCUT2D eigenvalue weighted by Gasteiger charge is -2.32. The first-order valence-electron chi connectivity index (χ1n) is 6.46. The Labute approximate surface area is 104 Å². The summed E-state index contributed by atoms with van der Waals surface area (Å²) >= 11 is 0. The maximum Gasteiger partial charge on any atom is 0.107 e. The molecule has 2 nitrogen and oxygen atoms in total. The summed E-state index contributed by atoms with van der Waals surface area (Å²) in [5, 5.41) is 12.8. The van der Waals surface area contributed by atoms with E-state index >= 15 is 0 Å². The number of benzene rings is 1. The molecule has 17 heavy (non-hydrogen) atoms. The molecular formula is C15H20N2. The molecule has 0 aromatic heterocycles. The molecule has 1 atom stereocenters. The number of aryl methyl sites for hydroxylation is 2. The highest BCUT2D eigenvalue weighted by atomic mass is 15.0. The molecule has 2 heteroatoms. The van der Waals surface area contributed by atoms with Crippen molar-refractivity contribution in [3.8, 4) is 6.07 Å². The molecule has 1 aliphatic heterocycles. The van der Waals surface area contributed by atoms with Crippen molar-refractivity contribution in [1.82, 2.24) is 5.32 Å². The second kappa shape index (κ2) is 5.33. The second-order valence-corrected chi connectivity index (χ2v) is 5.07. The third-order valence-corrected chi connectivity index (χ3v) is 3.63. The number of rotatable bonds is 3. The van der Waals surface area contributed by atoms with Crippen molar-refractivity contribution >= 4 is 0 Å². The number of nitrogens with zero attached hydrogens (tertiary/aromatic N) is 1. The molecule has 1 heterocycles. The van der Waals surface area contributed by atoms with Crippen LogP contribution in [0.15, 0.2) is 24.3 Å². The Morgan fingerprint density at radius 1 is 1.41 bits per heavy atom. The smallest absolute Gasteiger partial charge is 0.107 e. The van der Waals surface area contributed by atoms with Gasteiger partial charge in [-0.3, -0.25) is 5.32 Å². The average molecular weight is 228 g/mol. The van der Waals surface area contributed by atoms with Crippen LogP contribution in [0.2, 0.25) is 0 Å². The summed E-state index contributed by atoms with van der Waals surface area (Å²) < 4.78 is 0. The fourth-order valence-corrected chi connectivity index (χ4v) is 2.56. The van der Waals surface area contributed by atoms with Crippen LogP contribution in [0.3, 0.4) is 0 Å². The van der Waals surface area contributed by atoms with E-state index in [1.54, 1.807) is 0 Å². The maximum atomic E-state index is 9.36. The van der Waals surface area contributed by atoms with Crippen molar-refractivity contribution in [2.24, 2.45) is 0 Å². The van der Waals surface area contributed by atoms with E-state index in [0.29, 0.717) is 0 Å². The van der Waals surface area contributed by atoms with E-state index in [1.165, 1.54) is 24.0 Å². The van der Waals surface area contributed by atoms with Gasteiger partial charge in [0.15, 0.2) is 0 Å². The molecule has 1 aromatic carbocycles. The molecule has 90 valence electrons. The molecule has 1 fully saturated rings. The van der Waals surface area contributed by atoms with Crippen molar-refractivity contribution in [1.29, 1.82) is 5.26 Å². The Bertz CT molecular complexity index is 411. The highest BCUT2D eigenvalue weighted by Gasteiger charge is 2.30. The first kappa shape index (κ1) is 12.1. The van der Waals surface area contributed by atoms with Crippen LogP contribution in [0.4, 0.5) is 0 Å². The zero-order valence-electron chi connectivity index (χ0n) is 10.5. The Kier molecular flexibility index (Phi) is 3.81. The van der Waals surface area contributed by atoms with E-state index in [0.717, 1.165) is 25.8 Å². The second-order valence-electron chi connectivity index (χ2n) is 5.07. The SMILES string of the molecule is Cc1cccc(CCC2(C#N)CCCCN2)c1. The third-order valence-electron chi connectivity index (χ3n) is 3.63. The van der Waals surface area contributed by atoms with Gasteiger partial charge >= 0.3 is 0 Å². The number of nitriles is 1. The first-order chi connectivity index (χ1) is 8.24. The molecule has 1 aromatic rings. The van der Waals surface area contributed by atoms with Crippen LogP contribution in [0.1, 0.15) is 36.8 Å². The number of hydrogen-bond acceptors (Lipinski definition) is 2. The van der Waals surface area contributed by atoms with Gasteiger partial charge in [0.1, 0.15) is 5.54 Å². The first-order valence-corrected chi connectivity index (χ1v) is 6.46. The highest BCUT2D eigenvalue weighted by Crippen LogP contribution is 2.24. The van der Waals surface area contributed by atoms with Gasteiger partial charge in [0.05, 0.1) is 6.07 Å². The van der Waals surface area contributed by atoms with Gasteiger partial charge in [-0.25, -0.2) is 0 Å². The minimum Gasteiger partial charge on any atom is -0.299 e. The van der Waals surface area contributed by atoms with Crippen LogP contribution in [0.5, 0.6) is 0 Å². The Morgan fingerprint density at radius 3 is 2.94 bits per heavy atom. The summed E-state index contributed by atoms with van der Waals surface area (Å²) in [4.78, 5) is 0. The van der Waals surface area contributed by atoms with E-state index in [-0.39, 0.29) is 5.54 Å². The van der Waals surface area contributed by atoms with Gasteiger partial charge < -0.3 is 0 Å². The summed E-state index contributed by atoms with van der Waals surface area (Å²) in [5.41, 5.74) is 2.36. The zero-order valence-corrected chi connectivity index (χ0v) is 10.5. The lowest BCUT2D eigenvalue weighted by molar-refractivity contribution is 0.305. The van der Waals surface area contributed by atoms with Crippen molar-refractivity contribution in [2.45, 2.75) is 44.6 Å². The number of hydrogen-bond donors (Lipinski definition) is 1. The number of nitrogens with one attached hydrogen (secondary N) is 1. The van der Waals surface area contributed by atoms with Crippen LogP contribution in [-0.2, 0) is 6.42 Å². The topological polar surface area (TPSA) is 35.8 Å². The molecule has 0 aliphatic carbocycles. The molecule has 0 bridgehead atoms. The van der Waals surface area contributed by atoms with Crippen molar-refractivity contribution in [2.75, 3.05) is 6.54 Å². The molecule has 1 unspecified atom stereocenters. The minimum atomic E-state index is -0.276. The maximum absolute atomic E-state index is 9.36. The molecule has 0 saturated carbocycles. The standard InChI is InChI=1S/C15H20N2/c1-13-5-4-6-14(11-13)7-9-15(12-16)8-2-3-10-17-15/h4-6,11,17H,2-3,7-10H2,1H3. The molecule has 2 rings (SSSR count).